The Morgan fingerprint density at radius 3 is 2.72 bits per heavy atom. The second kappa shape index (κ2) is 5.13. The van der Waals surface area contributed by atoms with E-state index < -0.39 is 0 Å². The van der Waals surface area contributed by atoms with E-state index >= 15 is 0 Å². The van der Waals surface area contributed by atoms with Crippen molar-refractivity contribution in [2.45, 2.75) is 51.5 Å². The second-order valence-corrected chi connectivity index (χ2v) is 6.42. The minimum Gasteiger partial charge on any atom is -0.382 e. The van der Waals surface area contributed by atoms with E-state index in [0.717, 1.165) is 16.9 Å². The molecule has 1 aromatic carbocycles. The lowest BCUT2D eigenvalue weighted by Gasteiger charge is -2.31. The summed E-state index contributed by atoms with van der Waals surface area (Å²) in [6.07, 6.45) is 8.47. The van der Waals surface area contributed by atoms with E-state index in [4.69, 9.17) is 11.6 Å². The van der Waals surface area contributed by atoms with Gasteiger partial charge in [-0.25, -0.2) is 0 Å². The van der Waals surface area contributed by atoms with Gasteiger partial charge in [-0.2, -0.15) is 0 Å². The quantitative estimate of drug-likeness (QED) is 0.807. The van der Waals surface area contributed by atoms with Crippen LogP contribution in [0.1, 0.15) is 44.1 Å². The van der Waals surface area contributed by atoms with Gasteiger partial charge in [0, 0.05) is 16.8 Å². The molecule has 0 spiro atoms. The van der Waals surface area contributed by atoms with Gasteiger partial charge < -0.3 is 5.32 Å². The summed E-state index contributed by atoms with van der Waals surface area (Å²) >= 11 is 6.18. The maximum absolute atomic E-state index is 6.18. The molecule has 0 heterocycles. The van der Waals surface area contributed by atoms with Gasteiger partial charge in [-0.3, -0.25) is 0 Å². The molecule has 1 nitrogen and oxygen atoms in total. The monoisotopic (exact) mass is 263 g/mol. The lowest BCUT2D eigenvalue weighted by Crippen LogP contribution is -2.28. The van der Waals surface area contributed by atoms with Crippen LogP contribution in [-0.4, -0.2) is 6.04 Å². The molecule has 0 saturated heterocycles. The molecular formula is C16H22ClN. The van der Waals surface area contributed by atoms with Crippen molar-refractivity contribution in [3.63, 3.8) is 0 Å². The van der Waals surface area contributed by atoms with Gasteiger partial charge in [0.15, 0.2) is 0 Å². The Hall–Kier alpha value is -0.690. The van der Waals surface area contributed by atoms with Crippen LogP contribution < -0.4 is 5.32 Å². The molecule has 0 radical (unpaired) electrons. The number of rotatable bonds is 3. The van der Waals surface area contributed by atoms with Crippen LogP contribution in [0.2, 0.25) is 5.02 Å². The van der Waals surface area contributed by atoms with Crippen LogP contribution >= 0.6 is 11.6 Å². The molecule has 2 unspecified atom stereocenters. The molecule has 0 bridgehead atoms. The highest BCUT2D eigenvalue weighted by Gasteiger charge is 2.34. The number of benzene rings is 1. The van der Waals surface area contributed by atoms with Crippen molar-refractivity contribution in [2.75, 3.05) is 5.32 Å². The average molecular weight is 264 g/mol. The van der Waals surface area contributed by atoms with Crippen LogP contribution in [-0.2, 0) is 0 Å². The van der Waals surface area contributed by atoms with E-state index in [9.17, 15) is 0 Å². The zero-order valence-corrected chi connectivity index (χ0v) is 11.8. The van der Waals surface area contributed by atoms with Crippen molar-refractivity contribution in [1.29, 1.82) is 0 Å². The van der Waals surface area contributed by atoms with Gasteiger partial charge in [-0.15, -0.1) is 0 Å². The normalized spacial score (nSPS) is 28.1. The first-order chi connectivity index (χ1) is 8.74. The average Bonchev–Trinajstić information content (AvgIpc) is 3.20. The molecule has 0 aliphatic heterocycles. The minimum atomic E-state index is 0.654. The van der Waals surface area contributed by atoms with E-state index in [1.54, 1.807) is 0 Å². The summed E-state index contributed by atoms with van der Waals surface area (Å²) in [4.78, 5) is 0. The molecule has 0 amide bonds. The molecule has 1 N–H and O–H groups in total. The molecule has 2 atom stereocenters. The van der Waals surface area contributed by atoms with Crippen LogP contribution in [0.5, 0.6) is 0 Å². The zero-order chi connectivity index (χ0) is 12.5. The molecule has 2 saturated carbocycles. The molecule has 1 aromatic rings. The van der Waals surface area contributed by atoms with Crippen molar-refractivity contribution >= 4 is 17.3 Å². The summed E-state index contributed by atoms with van der Waals surface area (Å²) < 4.78 is 0. The fourth-order valence-corrected chi connectivity index (χ4v) is 3.51. The van der Waals surface area contributed by atoms with Gasteiger partial charge in [-0.05, 0) is 62.1 Å². The molecule has 2 aliphatic rings. The van der Waals surface area contributed by atoms with Crippen LogP contribution in [0.15, 0.2) is 18.2 Å². The third-order valence-corrected chi connectivity index (χ3v) is 5.04. The predicted molar refractivity (Wildman–Crippen MR) is 78.3 cm³/mol. The van der Waals surface area contributed by atoms with Gasteiger partial charge in [0.1, 0.15) is 0 Å². The highest BCUT2D eigenvalue weighted by atomic mass is 35.5. The van der Waals surface area contributed by atoms with Gasteiger partial charge in [0.25, 0.3) is 0 Å². The molecule has 2 aliphatic carbocycles. The first kappa shape index (κ1) is 12.3. The van der Waals surface area contributed by atoms with E-state index in [1.165, 1.54) is 49.8 Å². The second-order valence-electron chi connectivity index (χ2n) is 6.02. The van der Waals surface area contributed by atoms with Crippen molar-refractivity contribution < 1.29 is 0 Å². The van der Waals surface area contributed by atoms with Gasteiger partial charge in [-0.1, -0.05) is 30.5 Å². The molecule has 3 rings (SSSR count). The predicted octanol–water partition coefficient (Wildman–Crippen LogP) is 5.03. The van der Waals surface area contributed by atoms with Crippen LogP contribution in [0.25, 0.3) is 0 Å². The lowest BCUT2D eigenvalue weighted by molar-refractivity contribution is 0.303. The Labute approximate surface area is 115 Å². The Morgan fingerprint density at radius 2 is 1.94 bits per heavy atom. The highest BCUT2D eigenvalue weighted by molar-refractivity contribution is 6.31. The van der Waals surface area contributed by atoms with E-state index in [0.29, 0.717) is 6.04 Å². The summed E-state index contributed by atoms with van der Waals surface area (Å²) in [5, 5.41) is 4.59. The first-order valence-electron chi connectivity index (χ1n) is 7.25. The van der Waals surface area contributed by atoms with Crippen LogP contribution in [0.4, 0.5) is 5.69 Å². The molecule has 2 heteroatoms. The number of halogens is 1. The smallest absolute Gasteiger partial charge is 0.0455 e. The molecule has 2 fully saturated rings. The summed E-state index contributed by atoms with van der Waals surface area (Å²) in [5.41, 5.74) is 2.41. The third-order valence-electron chi connectivity index (χ3n) is 4.63. The fraction of sp³-hybridized carbons (Fsp3) is 0.625. The standard InChI is InChI=1S/C16H22ClN/c1-11-15(17)6-3-7-16(11)18-14-5-2-4-13(10-14)12-8-9-12/h3,6-7,12-14,18H,2,4-5,8-10H2,1H3. The topological polar surface area (TPSA) is 12.0 Å². The number of anilines is 1. The molecular weight excluding hydrogens is 242 g/mol. The van der Waals surface area contributed by atoms with E-state index in [2.05, 4.69) is 18.3 Å². The maximum atomic E-state index is 6.18. The largest absolute Gasteiger partial charge is 0.382 e. The van der Waals surface area contributed by atoms with Gasteiger partial charge >= 0.3 is 0 Å². The number of hydrogen-bond donors (Lipinski definition) is 1. The number of hydrogen-bond acceptors (Lipinski definition) is 1. The van der Waals surface area contributed by atoms with Crippen molar-refractivity contribution in [3.05, 3.63) is 28.8 Å². The van der Waals surface area contributed by atoms with Gasteiger partial charge in [0.2, 0.25) is 0 Å². The summed E-state index contributed by atoms with van der Waals surface area (Å²) in [6.45, 7) is 2.10. The summed E-state index contributed by atoms with van der Waals surface area (Å²) in [6, 6.07) is 6.82. The van der Waals surface area contributed by atoms with Crippen molar-refractivity contribution in [2.24, 2.45) is 11.8 Å². The summed E-state index contributed by atoms with van der Waals surface area (Å²) in [5.74, 6) is 2.03. The van der Waals surface area contributed by atoms with E-state index in [-0.39, 0.29) is 0 Å². The Morgan fingerprint density at radius 1 is 1.11 bits per heavy atom. The van der Waals surface area contributed by atoms with Crippen molar-refractivity contribution in [3.8, 4) is 0 Å². The Bertz CT molecular complexity index is 425. The molecule has 0 aromatic heterocycles. The van der Waals surface area contributed by atoms with Gasteiger partial charge in [0.05, 0.1) is 0 Å². The SMILES string of the molecule is Cc1c(Cl)cccc1NC1CCCC(C2CC2)C1. The maximum Gasteiger partial charge on any atom is 0.0455 e. The van der Waals surface area contributed by atoms with E-state index in [1.807, 2.05) is 12.1 Å². The first-order valence-corrected chi connectivity index (χ1v) is 7.63. The molecule has 18 heavy (non-hydrogen) atoms. The highest BCUT2D eigenvalue weighted by Crippen LogP contribution is 2.44. The van der Waals surface area contributed by atoms with Crippen LogP contribution in [0.3, 0.4) is 0 Å². The lowest BCUT2D eigenvalue weighted by atomic mass is 9.82. The Balaban J connectivity index is 1.66. The zero-order valence-electron chi connectivity index (χ0n) is 11.1. The third kappa shape index (κ3) is 2.66. The summed E-state index contributed by atoms with van der Waals surface area (Å²) in [7, 11) is 0. The Kier molecular flexibility index (Phi) is 3.52. The molecule has 98 valence electrons. The fourth-order valence-electron chi connectivity index (χ4n) is 3.34. The minimum absolute atomic E-state index is 0.654. The van der Waals surface area contributed by atoms with Crippen molar-refractivity contribution in [1.82, 2.24) is 0 Å². The van der Waals surface area contributed by atoms with Crippen LogP contribution in [0, 0.1) is 18.8 Å². The number of nitrogens with one attached hydrogen (secondary N) is 1.